The average molecular weight is 571 g/mol. The van der Waals surface area contributed by atoms with Crippen LogP contribution in [-0.2, 0) is 14.9 Å². The van der Waals surface area contributed by atoms with E-state index in [1.165, 1.54) is 56.5 Å². The lowest BCUT2D eigenvalue weighted by Gasteiger charge is -2.14. The van der Waals surface area contributed by atoms with Crippen molar-refractivity contribution in [2.75, 3.05) is 20.3 Å². The number of carbonyl (C=O) groups excluding carboxylic acids is 2. The summed E-state index contributed by atoms with van der Waals surface area (Å²) in [4.78, 5) is 36.6. The summed E-state index contributed by atoms with van der Waals surface area (Å²) in [5.74, 6) is 0.522. The maximum Gasteiger partial charge on any atom is 0.339 e. The Morgan fingerprint density at radius 1 is 1.03 bits per heavy atom. The zero-order valence-electron chi connectivity index (χ0n) is 20.7. The molecule has 3 aromatic carbocycles. The number of nitrogens with zero attached hydrogens (tertiary/aromatic N) is 2. The van der Waals surface area contributed by atoms with E-state index in [-0.39, 0.29) is 34.4 Å². The van der Waals surface area contributed by atoms with Gasteiger partial charge in [0.2, 0.25) is 0 Å². The lowest BCUT2D eigenvalue weighted by Crippen LogP contribution is -2.32. The van der Waals surface area contributed by atoms with Gasteiger partial charge in [0.25, 0.3) is 16.8 Å². The Morgan fingerprint density at radius 3 is 2.38 bits per heavy atom. The molecule has 3 aromatic rings. The zero-order chi connectivity index (χ0) is 28.2. The number of benzene rings is 3. The number of para-hydroxylation sites is 2. The van der Waals surface area contributed by atoms with Crippen LogP contribution in [0.4, 0.5) is 10.5 Å². The second-order valence-corrected chi connectivity index (χ2v) is 10.7. The number of hydrogen-bond acceptors (Lipinski definition) is 10. The van der Waals surface area contributed by atoms with Crippen molar-refractivity contribution < 1.29 is 36.6 Å². The monoisotopic (exact) mass is 570 g/mol. The molecule has 0 atom stereocenters. The van der Waals surface area contributed by atoms with Gasteiger partial charge in [-0.2, -0.15) is 8.42 Å². The van der Waals surface area contributed by atoms with Crippen molar-refractivity contribution in [3.8, 4) is 17.2 Å². The molecular formula is C26H22N2O9S2. The third-order valence-electron chi connectivity index (χ3n) is 5.56. The zero-order valence-corrected chi connectivity index (χ0v) is 22.4. The quantitative estimate of drug-likeness (QED) is 0.144. The second-order valence-electron chi connectivity index (χ2n) is 8.14. The van der Waals surface area contributed by atoms with Gasteiger partial charge in [0.05, 0.1) is 23.5 Å². The van der Waals surface area contributed by atoms with Gasteiger partial charge in [0, 0.05) is 11.6 Å². The van der Waals surface area contributed by atoms with Gasteiger partial charge in [-0.25, -0.2) is 0 Å². The van der Waals surface area contributed by atoms with Gasteiger partial charge < -0.3 is 13.7 Å². The molecule has 39 heavy (non-hydrogen) atoms. The van der Waals surface area contributed by atoms with Gasteiger partial charge in [-0.15, -0.1) is 0 Å². The Morgan fingerprint density at radius 2 is 1.72 bits per heavy atom. The van der Waals surface area contributed by atoms with E-state index in [1.54, 1.807) is 24.3 Å². The van der Waals surface area contributed by atoms with Crippen molar-refractivity contribution in [1.29, 1.82) is 0 Å². The summed E-state index contributed by atoms with van der Waals surface area (Å²) in [6, 6.07) is 16.3. The maximum atomic E-state index is 12.8. The van der Waals surface area contributed by atoms with E-state index in [0.29, 0.717) is 22.6 Å². The molecule has 2 amide bonds. The minimum absolute atomic E-state index is 0.0306. The van der Waals surface area contributed by atoms with Crippen molar-refractivity contribution in [3.63, 3.8) is 0 Å². The summed E-state index contributed by atoms with van der Waals surface area (Å²) in [5, 5.41) is 10.7. The van der Waals surface area contributed by atoms with Crippen molar-refractivity contribution in [1.82, 2.24) is 4.90 Å². The highest BCUT2D eigenvalue weighted by atomic mass is 32.2. The Hall–Kier alpha value is -4.36. The predicted octanol–water partition coefficient (Wildman–Crippen LogP) is 4.79. The van der Waals surface area contributed by atoms with Crippen LogP contribution in [-0.4, -0.2) is 49.6 Å². The smallest absolute Gasteiger partial charge is 0.339 e. The Balaban J connectivity index is 1.40. The van der Waals surface area contributed by atoms with Crippen LogP contribution in [0.3, 0.4) is 0 Å². The number of thioether (sulfide) groups is 1. The summed E-state index contributed by atoms with van der Waals surface area (Å²) in [6.45, 7) is 1.62. The minimum Gasteiger partial charge on any atom is -0.493 e. The van der Waals surface area contributed by atoms with Crippen molar-refractivity contribution >= 4 is 44.8 Å². The number of nitro benzene ring substituents is 1. The molecular weight excluding hydrogens is 548 g/mol. The average Bonchev–Trinajstić information content (AvgIpc) is 3.17. The van der Waals surface area contributed by atoms with Crippen molar-refractivity contribution in [2.24, 2.45) is 0 Å². The van der Waals surface area contributed by atoms with Crippen LogP contribution in [0.2, 0.25) is 0 Å². The molecule has 1 aliphatic heterocycles. The lowest BCUT2D eigenvalue weighted by atomic mass is 10.2. The molecule has 0 radical (unpaired) electrons. The fraction of sp³-hybridized carbons (Fsp3) is 0.154. The number of hydrogen-bond donors (Lipinski definition) is 0. The van der Waals surface area contributed by atoms with Crippen LogP contribution in [0.25, 0.3) is 6.08 Å². The number of carbonyl (C=O) groups is 2. The largest absolute Gasteiger partial charge is 0.493 e. The maximum absolute atomic E-state index is 12.8. The number of ether oxygens (including phenoxy) is 2. The number of imide groups is 1. The van der Waals surface area contributed by atoms with Crippen molar-refractivity contribution in [3.05, 3.63) is 92.9 Å². The number of methoxy groups -OCH3 is 1. The molecule has 1 saturated heterocycles. The van der Waals surface area contributed by atoms with Crippen LogP contribution in [0.15, 0.2) is 76.5 Å². The van der Waals surface area contributed by atoms with Gasteiger partial charge in [0.1, 0.15) is 17.3 Å². The highest BCUT2D eigenvalue weighted by Crippen LogP contribution is 2.33. The molecule has 202 valence electrons. The fourth-order valence-corrected chi connectivity index (χ4v) is 5.38. The van der Waals surface area contributed by atoms with Crippen LogP contribution in [0.5, 0.6) is 17.2 Å². The lowest BCUT2D eigenvalue weighted by molar-refractivity contribution is -0.385. The Bertz CT molecular complexity index is 1570. The molecule has 11 nitrogen and oxygen atoms in total. The molecule has 4 rings (SSSR count). The first kappa shape index (κ1) is 27.7. The first-order valence-electron chi connectivity index (χ1n) is 11.4. The van der Waals surface area contributed by atoms with Gasteiger partial charge in [-0.1, -0.05) is 30.3 Å². The summed E-state index contributed by atoms with van der Waals surface area (Å²) >= 11 is 0.783. The van der Waals surface area contributed by atoms with Crippen molar-refractivity contribution in [2.45, 2.75) is 11.8 Å². The van der Waals surface area contributed by atoms with Crippen LogP contribution >= 0.6 is 11.8 Å². The topological polar surface area (TPSA) is 142 Å². The van der Waals surface area contributed by atoms with Gasteiger partial charge in [-0.05, 0) is 60.7 Å². The van der Waals surface area contributed by atoms with E-state index in [9.17, 15) is 28.1 Å². The van der Waals surface area contributed by atoms with Gasteiger partial charge >= 0.3 is 10.1 Å². The second kappa shape index (κ2) is 11.6. The fourth-order valence-electron chi connectivity index (χ4n) is 3.56. The summed E-state index contributed by atoms with van der Waals surface area (Å²) in [6.07, 6.45) is 1.51. The van der Waals surface area contributed by atoms with E-state index in [4.69, 9.17) is 13.7 Å². The minimum atomic E-state index is -4.33. The van der Waals surface area contributed by atoms with E-state index in [0.717, 1.165) is 22.7 Å². The summed E-state index contributed by atoms with van der Waals surface area (Å²) in [5.41, 5.74) is 0.508. The van der Waals surface area contributed by atoms with E-state index < -0.39 is 26.2 Å². The highest BCUT2D eigenvalue weighted by molar-refractivity contribution is 8.18. The molecule has 0 saturated carbocycles. The Labute approximate surface area is 228 Å². The first-order chi connectivity index (χ1) is 18.6. The van der Waals surface area contributed by atoms with Crippen LogP contribution < -0.4 is 13.7 Å². The van der Waals surface area contributed by atoms with E-state index >= 15 is 0 Å². The summed E-state index contributed by atoms with van der Waals surface area (Å²) < 4.78 is 41.2. The highest BCUT2D eigenvalue weighted by Gasteiger charge is 2.34. The summed E-state index contributed by atoms with van der Waals surface area (Å²) in [7, 11) is -2.81. The molecule has 1 fully saturated rings. The molecule has 0 N–H and O–H groups in total. The normalized spacial score (nSPS) is 14.5. The number of aryl methyl sites for hydroxylation is 1. The van der Waals surface area contributed by atoms with Gasteiger partial charge in [0.15, 0.2) is 11.5 Å². The van der Waals surface area contributed by atoms with E-state index in [1.807, 2.05) is 0 Å². The number of amides is 2. The standard InChI is InChI=1S/C26H22N2O9S2/c1-17-7-12-20(16-21(17)28(31)32)39(33,34)37-19-10-8-18(9-11-19)15-24-25(29)27(26(30)38-24)13-14-36-23-6-4-3-5-22(23)35-2/h3-12,15-16H,13-14H2,1-2H3/b24-15-. The number of rotatable bonds is 10. The number of nitro groups is 1. The molecule has 13 heteroatoms. The molecule has 0 spiro atoms. The van der Waals surface area contributed by atoms with Crippen LogP contribution in [0.1, 0.15) is 11.1 Å². The SMILES string of the molecule is COc1ccccc1OCCN1C(=O)S/C(=C\c2ccc(OS(=O)(=O)c3ccc(C)c([N+](=O)[O-])c3)cc2)C1=O. The third-order valence-corrected chi connectivity index (χ3v) is 7.72. The molecule has 0 aliphatic carbocycles. The first-order valence-corrected chi connectivity index (χ1v) is 13.6. The van der Waals surface area contributed by atoms with E-state index in [2.05, 4.69) is 0 Å². The van der Waals surface area contributed by atoms with Crippen LogP contribution in [0, 0.1) is 17.0 Å². The Kier molecular flexibility index (Phi) is 8.21. The molecule has 0 aromatic heterocycles. The molecule has 1 heterocycles. The molecule has 0 unspecified atom stereocenters. The molecule has 0 bridgehead atoms. The predicted molar refractivity (Wildman–Crippen MR) is 143 cm³/mol. The van der Waals surface area contributed by atoms with Gasteiger partial charge in [-0.3, -0.25) is 24.6 Å². The third kappa shape index (κ3) is 6.38. The molecule has 1 aliphatic rings.